The molecule has 2 rings (SSSR count). The summed E-state index contributed by atoms with van der Waals surface area (Å²) in [6.45, 7) is 0. The number of nitrogen functional groups attached to an aromatic ring is 1. The van der Waals surface area contributed by atoms with Gasteiger partial charge < -0.3 is 5.73 Å². The zero-order valence-electron chi connectivity index (χ0n) is 8.01. The van der Waals surface area contributed by atoms with Crippen LogP contribution >= 0.6 is 0 Å². The van der Waals surface area contributed by atoms with E-state index < -0.39 is 0 Å². The molecule has 0 spiro atoms. The van der Waals surface area contributed by atoms with Crippen LogP contribution in [-0.4, -0.2) is 4.98 Å². The lowest BCUT2D eigenvalue weighted by Gasteiger charge is -2.03. The van der Waals surface area contributed by atoms with Crippen molar-refractivity contribution in [3.63, 3.8) is 0 Å². The Morgan fingerprint density at radius 3 is 2.73 bits per heavy atom. The fourth-order valence-electron chi connectivity index (χ4n) is 1.40. The topological polar surface area (TPSA) is 62.7 Å². The summed E-state index contributed by atoms with van der Waals surface area (Å²) in [6.07, 6.45) is 1.64. The lowest BCUT2D eigenvalue weighted by Crippen LogP contribution is -1.90. The Hall–Kier alpha value is -2.34. The first-order valence-electron chi connectivity index (χ1n) is 4.52. The summed E-state index contributed by atoms with van der Waals surface area (Å²) in [6, 6.07) is 12.9. The van der Waals surface area contributed by atoms with Crippen LogP contribution in [-0.2, 0) is 0 Å². The average Bonchev–Trinajstić information content (AvgIpc) is 2.29. The monoisotopic (exact) mass is 195 g/mol. The SMILES string of the molecule is N#Cc1ccccc1-c1cc(N)ccn1. The quantitative estimate of drug-likeness (QED) is 0.758. The first kappa shape index (κ1) is 9.22. The molecule has 0 fully saturated rings. The first-order valence-corrected chi connectivity index (χ1v) is 4.52. The molecule has 0 unspecified atom stereocenters. The van der Waals surface area contributed by atoms with Crippen LogP contribution in [0.4, 0.5) is 5.69 Å². The predicted molar refractivity (Wildman–Crippen MR) is 58.8 cm³/mol. The predicted octanol–water partition coefficient (Wildman–Crippen LogP) is 2.20. The van der Waals surface area contributed by atoms with Crippen molar-refractivity contribution in [1.29, 1.82) is 5.26 Å². The van der Waals surface area contributed by atoms with Gasteiger partial charge in [-0.25, -0.2) is 0 Å². The van der Waals surface area contributed by atoms with Crippen molar-refractivity contribution in [2.45, 2.75) is 0 Å². The summed E-state index contributed by atoms with van der Waals surface area (Å²) >= 11 is 0. The highest BCUT2D eigenvalue weighted by Crippen LogP contribution is 2.22. The minimum Gasteiger partial charge on any atom is -0.399 e. The Kier molecular flexibility index (Phi) is 2.34. The van der Waals surface area contributed by atoms with E-state index in [0.29, 0.717) is 11.3 Å². The maximum absolute atomic E-state index is 8.94. The van der Waals surface area contributed by atoms with Crippen molar-refractivity contribution >= 4 is 5.69 Å². The van der Waals surface area contributed by atoms with Crippen LogP contribution in [0.3, 0.4) is 0 Å². The van der Waals surface area contributed by atoms with E-state index in [-0.39, 0.29) is 0 Å². The van der Waals surface area contributed by atoms with Gasteiger partial charge in [0, 0.05) is 17.4 Å². The summed E-state index contributed by atoms with van der Waals surface area (Å²) in [5, 5.41) is 8.94. The van der Waals surface area contributed by atoms with Gasteiger partial charge in [0.15, 0.2) is 0 Å². The van der Waals surface area contributed by atoms with Gasteiger partial charge in [-0.1, -0.05) is 18.2 Å². The Morgan fingerprint density at radius 1 is 1.20 bits per heavy atom. The normalized spacial score (nSPS) is 9.53. The van der Waals surface area contributed by atoms with Gasteiger partial charge in [0.05, 0.1) is 17.3 Å². The van der Waals surface area contributed by atoms with Crippen LogP contribution in [0.5, 0.6) is 0 Å². The number of rotatable bonds is 1. The summed E-state index contributed by atoms with van der Waals surface area (Å²) in [7, 11) is 0. The molecule has 0 atom stereocenters. The molecule has 0 aliphatic carbocycles. The smallest absolute Gasteiger partial charge is 0.0998 e. The summed E-state index contributed by atoms with van der Waals surface area (Å²) in [4.78, 5) is 4.19. The van der Waals surface area contributed by atoms with Crippen LogP contribution in [0, 0.1) is 11.3 Å². The third-order valence-electron chi connectivity index (χ3n) is 2.11. The van der Waals surface area contributed by atoms with Crippen LogP contribution in [0.1, 0.15) is 5.56 Å². The molecule has 1 aromatic carbocycles. The first-order chi connectivity index (χ1) is 7.31. The second kappa shape index (κ2) is 3.81. The van der Waals surface area contributed by atoms with Gasteiger partial charge in [0.1, 0.15) is 0 Å². The van der Waals surface area contributed by atoms with Crippen molar-refractivity contribution in [2.24, 2.45) is 0 Å². The van der Waals surface area contributed by atoms with Crippen molar-refractivity contribution in [3.8, 4) is 17.3 Å². The fraction of sp³-hybridized carbons (Fsp3) is 0. The summed E-state index contributed by atoms with van der Waals surface area (Å²) in [5.41, 5.74) is 8.46. The maximum atomic E-state index is 8.94. The van der Waals surface area contributed by atoms with Gasteiger partial charge in [-0.2, -0.15) is 5.26 Å². The van der Waals surface area contributed by atoms with Crippen molar-refractivity contribution in [3.05, 3.63) is 48.2 Å². The minimum absolute atomic E-state index is 0.607. The molecule has 0 bridgehead atoms. The molecule has 0 saturated carbocycles. The number of pyridine rings is 1. The number of aromatic nitrogens is 1. The van der Waals surface area contributed by atoms with Crippen LogP contribution in [0.25, 0.3) is 11.3 Å². The lowest BCUT2D eigenvalue weighted by molar-refractivity contribution is 1.32. The highest BCUT2D eigenvalue weighted by molar-refractivity contribution is 5.69. The molecule has 1 aromatic heterocycles. The molecule has 1 heterocycles. The third-order valence-corrected chi connectivity index (χ3v) is 2.11. The molecular formula is C12H9N3. The van der Waals surface area contributed by atoms with Gasteiger partial charge in [-0.3, -0.25) is 4.98 Å². The number of nitrogens with zero attached hydrogens (tertiary/aromatic N) is 2. The number of nitriles is 1. The van der Waals surface area contributed by atoms with E-state index in [1.807, 2.05) is 18.2 Å². The van der Waals surface area contributed by atoms with Gasteiger partial charge in [-0.15, -0.1) is 0 Å². The van der Waals surface area contributed by atoms with E-state index in [0.717, 1.165) is 11.3 Å². The molecule has 3 nitrogen and oxygen atoms in total. The number of hydrogen-bond acceptors (Lipinski definition) is 3. The lowest BCUT2D eigenvalue weighted by atomic mass is 10.0. The van der Waals surface area contributed by atoms with Gasteiger partial charge in [0.25, 0.3) is 0 Å². The zero-order valence-corrected chi connectivity index (χ0v) is 8.01. The molecule has 0 aliphatic heterocycles. The second-order valence-electron chi connectivity index (χ2n) is 3.13. The van der Waals surface area contributed by atoms with Crippen molar-refractivity contribution < 1.29 is 0 Å². The number of benzene rings is 1. The van der Waals surface area contributed by atoms with E-state index in [9.17, 15) is 0 Å². The largest absolute Gasteiger partial charge is 0.399 e. The van der Waals surface area contributed by atoms with Gasteiger partial charge >= 0.3 is 0 Å². The molecule has 3 heteroatoms. The molecule has 0 radical (unpaired) electrons. The van der Waals surface area contributed by atoms with Crippen molar-refractivity contribution in [2.75, 3.05) is 5.73 Å². The maximum Gasteiger partial charge on any atom is 0.0998 e. The Labute approximate surface area is 87.8 Å². The molecule has 72 valence electrons. The average molecular weight is 195 g/mol. The Balaban J connectivity index is 2.60. The van der Waals surface area contributed by atoms with E-state index in [1.165, 1.54) is 0 Å². The highest BCUT2D eigenvalue weighted by Gasteiger charge is 2.04. The highest BCUT2D eigenvalue weighted by atomic mass is 14.7. The summed E-state index contributed by atoms with van der Waals surface area (Å²) in [5.74, 6) is 0. The number of hydrogen-bond donors (Lipinski definition) is 1. The Bertz CT molecular complexity index is 526. The summed E-state index contributed by atoms with van der Waals surface area (Å²) < 4.78 is 0. The molecule has 15 heavy (non-hydrogen) atoms. The fourth-order valence-corrected chi connectivity index (χ4v) is 1.40. The molecule has 0 saturated heterocycles. The van der Waals surface area contributed by atoms with Gasteiger partial charge in [0.2, 0.25) is 0 Å². The van der Waals surface area contributed by atoms with Crippen LogP contribution in [0.2, 0.25) is 0 Å². The molecule has 2 N–H and O–H groups in total. The molecular weight excluding hydrogens is 186 g/mol. The van der Waals surface area contributed by atoms with Crippen LogP contribution in [0.15, 0.2) is 42.6 Å². The van der Waals surface area contributed by atoms with Gasteiger partial charge in [-0.05, 0) is 18.2 Å². The van der Waals surface area contributed by atoms with Crippen molar-refractivity contribution in [1.82, 2.24) is 4.98 Å². The standard InChI is InChI=1S/C12H9N3/c13-8-9-3-1-2-4-11(9)12-7-10(14)5-6-15-12/h1-7H,(H2,14,15). The van der Waals surface area contributed by atoms with Crippen LogP contribution < -0.4 is 5.73 Å². The number of anilines is 1. The molecule has 0 aliphatic rings. The third kappa shape index (κ3) is 1.79. The second-order valence-corrected chi connectivity index (χ2v) is 3.13. The van der Waals surface area contributed by atoms with E-state index in [4.69, 9.17) is 11.0 Å². The van der Waals surface area contributed by atoms with E-state index in [1.54, 1.807) is 24.4 Å². The Morgan fingerprint density at radius 2 is 2.00 bits per heavy atom. The number of nitrogens with two attached hydrogens (primary N) is 1. The zero-order chi connectivity index (χ0) is 10.7. The molecule has 2 aromatic rings. The van der Waals surface area contributed by atoms with E-state index in [2.05, 4.69) is 11.1 Å². The van der Waals surface area contributed by atoms with E-state index >= 15 is 0 Å². The minimum atomic E-state index is 0.607. The molecule has 0 amide bonds.